The Morgan fingerprint density at radius 3 is 1.67 bits per heavy atom. The van der Waals surface area contributed by atoms with Gasteiger partial charge in [-0.3, -0.25) is 0 Å². The van der Waals surface area contributed by atoms with Crippen LogP contribution in [-0.2, 0) is 0 Å². The van der Waals surface area contributed by atoms with Crippen molar-refractivity contribution in [3.8, 4) is 0 Å². The molecule has 6 heavy (non-hydrogen) atoms. The van der Waals surface area contributed by atoms with E-state index in [0.717, 1.165) is 0 Å². The van der Waals surface area contributed by atoms with E-state index in [1.165, 1.54) is 7.05 Å². The maximum absolute atomic E-state index is 5.91. The highest BCUT2D eigenvalue weighted by Crippen LogP contribution is 1.25. The molecule has 0 unspecified atom stereocenters. The summed E-state index contributed by atoms with van der Waals surface area (Å²) in [6.07, 6.45) is 0. The second kappa shape index (κ2) is 27.5. The predicted molar refractivity (Wildman–Crippen MR) is 24.6 cm³/mol. The fraction of sp³-hybridized carbons (Fsp3) is 1.00. The summed E-state index contributed by atoms with van der Waals surface area (Å²) in [4.78, 5) is 2.61. The molecule has 0 rings (SSSR count). The minimum Gasteiger partial charge on any atom is -0.0683 e. The molecule has 0 aliphatic carbocycles. The molecule has 0 saturated carbocycles. The molecule has 0 spiro atoms. The van der Waals surface area contributed by atoms with Gasteiger partial charge in [-0.05, 0) is 0 Å². The molecule has 1 N–H and O–H groups in total. The van der Waals surface area contributed by atoms with Crippen molar-refractivity contribution in [2.45, 2.75) is 13.8 Å². The molecule has 3 heteroatoms. The van der Waals surface area contributed by atoms with Crippen LogP contribution in [0, 0.1) is 5.53 Å². The smallest absolute Gasteiger partial charge is 0.0683 e. The zero-order chi connectivity index (χ0) is 5.41. The van der Waals surface area contributed by atoms with Crippen molar-refractivity contribution in [2.24, 2.45) is 5.11 Å². The number of hydrogen-bond acceptors (Lipinski definition) is 2. The lowest BCUT2D eigenvalue weighted by molar-refractivity contribution is 0.960. The Morgan fingerprint density at radius 2 is 1.67 bits per heavy atom. The van der Waals surface area contributed by atoms with E-state index in [1.807, 2.05) is 13.8 Å². The standard InChI is InChI=1S/C2H6.CH4N3/c1-2;1-3-4-2/h1-2H3;2H,1H3/q;+1. The van der Waals surface area contributed by atoms with Crippen molar-refractivity contribution in [3.63, 3.8) is 0 Å². The van der Waals surface area contributed by atoms with Crippen LogP contribution in [0.5, 0.6) is 0 Å². The molecule has 0 amide bonds. The lowest BCUT2D eigenvalue weighted by atomic mass is 11.0. The Morgan fingerprint density at radius 1 is 1.50 bits per heavy atom. The molecule has 0 aliphatic rings. The number of hydrogen-bond donors (Lipinski definition) is 1. The molecular formula is C3H10N3+. The Balaban J connectivity index is 0. The van der Waals surface area contributed by atoms with E-state index >= 15 is 0 Å². The lowest BCUT2D eigenvalue weighted by Crippen LogP contribution is -1.43. The molecule has 0 aromatic heterocycles. The van der Waals surface area contributed by atoms with Gasteiger partial charge in [0.1, 0.15) is 17.7 Å². The maximum Gasteiger partial charge on any atom is 0.213 e. The quantitative estimate of drug-likeness (QED) is 0.341. The fourth-order valence-corrected chi connectivity index (χ4v) is 0. The number of rotatable bonds is 0. The summed E-state index contributed by atoms with van der Waals surface area (Å²) in [7, 11) is 1.45. The van der Waals surface area contributed by atoms with Gasteiger partial charge in [0.2, 0.25) is 4.91 Å². The third kappa shape index (κ3) is 184. The van der Waals surface area contributed by atoms with Gasteiger partial charge >= 0.3 is 0 Å². The Hall–Kier alpha value is -0.690. The van der Waals surface area contributed by atoms with E-state index in [-0.39, 0.29) is 0 Å². The molecule has 0 aliphatic heterocycles. The summed E-state index contributed by atoms with van der Waals surface area (Å²) < 4.78 is 0. The average molecular weight is 88.1 g/mol. The first-order valence-corrected chi connectivity index (χ1v) is 1.87. The van der Waals surface area contributed by atoms with Gasteiger partial charge in [-0.2, -0.15) is 0 Å². The molecule has 0 aromatic rings. The first kappa shape index (κ1) is 9.00. The van der Waals surface area contributed by atoms with Crippen LogP contribution in [0.25, 0.3) is 0 Å². The molecule has 0 aromatic carbocycles. The number of nitrogens with zero attached hydrogens (tertiary/aromatic N) is 2. The van der Waals surface area contributed by atoms with Crippen molar-refractivity contribution in [1.29, 1.82) is 5.53 Å². The largest absolute Gasteiger partial charge is 0.213 e. The molecule has 0 heterocycles. The van der Waals surface area contributed by atoms with Crippen LogP contribution in [0.1, 0.15) is 13.8 Å². The van der Waals surface area contributed by atoms with Crippen LogP contribution >= 0.6 is 0 Å². The first-order valence-electron chi connectivity index (χ1n) is 1.87. The zero-order valence-electron chi connectivity index (χ0n) is 4.39. The summed E-state index contributed by atoms with van der Waals surface area (Å²) in [5.41, 5.74) is 5.91. The zero-order valence-corrected chi connectivity index (χ0v) is 4.39. The monoisotopic (exact) mass is 88.1 g/mol. The van der Waals surface area contributed by atoms with E-state index in [2.05, 4.69) is 10.0 Å². The van der Waals surface area contributed by atoms with Crippen molar-refractivity contribution in [2.75, 3.05) is 7.05 Å². The van der Waals surface area contributed by atoms with Gasteiger partial charge in [0.05, 0.1) is 0 Å². The average Bonchev–Trinajstić information content (AvgIpc) is 1.72. The maximum atomic E-state index is 5.91. The highest BCUT2D eigenvalue weighted by atomic mass is 15.1. The fourth-order valence-electron chi connectivity index (χ4n) is 0. The minimum absolute atomic E-state index is 1.45. The van der Waals surface area contributed by atoms with E-state index in [1.54, 1.807) is 0 Å². The van der Waals surface area contributed by atoms with Gasteiger partial charge in [-0.1, -0.05) is 13.8 Å². The molecule has 0 bridgehead atoms. The van der Waals surface area contributed by atoms with Crippen LogP contribution in [0.4, 0.5) is 0 Å². The Labute approximate surface area is 37.6 Å². The minimum atomic E-state index is 1.45. The summed E-state index contributed by atoms with van der Waals surface area (Å²) in [6, 6.07) is 0. The van der Waals surface area contributed by atoms with Crippen LogP contribution < -0.4 is 4.91 Å². The van der Waals surface area contributed by atoms with Crippen molar-refractivity contribution in [3.05, 3.63) is 0 Å². The van der Waals surface area contributed by atoms with Crippen molar-refractivity contribution in [1.82, 2.24) is 4.91 Å². The van der Waals surface area contributed by atoms with Crippen LogP contribution in [-0.4, -0.2) is 7.05 Å². The molecule has 0 fully saturated rings. The van der Waals surface area contributed by atoms with E-state index in [9.17, 15) is 0 Å². The van der Waals surface area contributed by atoms with Gasteiger partial charge < -0.3 is 0 Å². The highest BCUT2D eigenvalue weighted by Gasteiger charge is 1.45. The van der Waals surface area contributed by atoms with Crippen molar-refractivity contribution >= 4 is 0 Å². The van der Waals surface area contributed by atoms with E-state index in [4.69, 9.17) is 5.53 Å². The third-order valence-electron chi connectivity index (χ3n) is 0.100. The summed E-state index contributed by atoms with van der Waals surface area (Å²) in [5.74, 6) is 0. The molecule has 0 radical (unpaired) electrons. The Kier molecular flexibility index (Phi) is 41.3. The molecule has 3 nitrogen and oxygen atoms in total. The summed E-state index contributed by atoms with van der Waals surface area (Å²) in [6.45, 7) is 4.00. The lowest BCUT2D eigenvalue weighted by Gasteiger charge is -1.17. The SMILES string of the molecule is CC.CN=[N+]=N. The van der Waals surface area contributed by atoms with Gasteiger partial charge in [-0.15, -0.1) is 0 Å². The summed E-state index contributed by atoms with van der Waals surface area (Å²) >= 11 is 0. The third-order valence-corrected chi connectivity index (χ3v) is 0.100. The molecular weight excluding hydrogens is 78.1 g/mol. The summed E-state index contributed by atoms with van der Waals surface area (Å²) in [5, 5.41) is 3.03. The van der Waals surface area contributed by atoms with Crippen LogP contribution in [0.15, 0.2) is 5.11 Å². The van der Waals surface area contributed by atoms with Crippen LogP contribution in [0.3, 0.4) is 0 Å². The topological polar surface area (TPSA) is 50.3 Å². The van der Waals surface area contributed by atoms with Gasteiger partial charge in [-0.25, -0.2) is 0 Å². The van der Waals surface area contributed by atoms with Gasteiger partial charge in [0, 0.05) is 0 Å². The van der Waals surface area contributed by atoms with Crippen molar-refractivity contribution < 1.29 is 0 Å². The Bertz CT molecular complexity index is 44.0. The molecule has 0 saturated heterocycles. The normalized spacial score (nSPS) is 3.83. The molecule has 36 valence electrons. The van der Waals surface area contributed by atoms with E-state index in [0.29, 0.717) is 0 Å². The predicted octanol–water partition coefficient (Wildman–Crippen LogP) is 1.19. The highest BCUT2D eigenvalue weighted by molar-refractivity contribution is 3.77. The van der Waals surface area contributed by atoms with E-state index < -0.39 is 0 Å². The second-order valence-corrected chi connectivity index (χ2v) is 0.300. The van der Waals surface area contributed by atoms with Gasteiger partial charge in [0.15, 0.2) is 0 Å². The number of nitrogens with one attached hydrogen (secondary N) is 1. The molecule has 0 atom stereocenters. The van der Waals surface area contributed by atoms with Gasteiger partial charge in [0.25, 0.3) is 0 Å². The second-order valence-electron chi connectivity index (χ2n) is 0.300. The first-order chi connectivity index (χ1) is 2.91. The van der Waals surface area contributed by atoms with Crippen LogP contribution in [0.2, 0.25) is 0 Å².